The van der Waals surface area contributed by atoms with Gasteiger partial charge in [-0.3, -0.25) is 0 Å². The van der Waals surface area contributed by atoms with Crippen molar-refractivity contribution in [2.24, 2.45) is 0 Å². The fourth-order valence-electron chi connectivity index (χ4n) is 1.58. The molecule has 0 aliphatic rings. The lowest BCUT2D eigenvalue weighted by Gasteiger charge is -2.10. The Balaban J connectivity index is 3.49. The Morgan fingerprint density at radius 3 is 2.53 bits per heavy atom. The number of rotatable bonds is 3. The smallest absolute Gasteiger partial charge is 0.336 e. The Morgan fingerprint density at radius 1 is 1.47 bits per heavy atom. The van der Waals surface area contributed by atoms with Crippen LogP contribution in [-0.2, 0) is 13.0 Å². The zero-order chi connectivity index (χ0) is 11.4. The molecular weight excluding hydrogens is 194 g/mol. The molecule has 0 aromatic heterocycles. The number of hydrogen-bond donors (Lipinski definition) is 2. The molecular formula is C11H11NO3. The van der Waals surface area contributed by atoms with Crippen molar-refractivity contribution in [1.82, 2.24) is 0 Å². The largest absolute Gasteiger partial charge is 0.478 e. The molecule has 0 aliphatic heterocycles. The van der Waals surface area contributed by atoms with Crippen molar-refractivity contribution in [3.8, 4) is 6.07 Å². The highest BCUT2D eigenvalue weighted by Crippen LogP contribution is 2.20. The van der Waals surface area contributed by atoms with Crippen molar-refractivity contribution in [3.63, 3.8) is 0 Å². The van der Waals surface area contributed by atoms with E-state index in [0.717, 1.165) is 0 Å². The molecule has 0 unspecified atom stereocenters. The van der Waals surface area contributed by atoms with Gasteiger partial charge in [0.15, 0.2) is 0 Å². The first-order valence-corrected chi connectivity index (χ1v) is 4.54. The summed E-state index contributed by atoms with van der Waals surface area (Å²) in [7, 11) is 0. The Bertz CT molecular complexity index is 432. The third-order valence-electron chi connectivity index (χ3n) is 2.29. The summed E-state index contributed by atoms with van der Waals surface area (Å²) in [6, 6.07) is 4.81. The summed E-state index contributed by atoms with van der Waals surface area (Å²) in [6.45, 7) is 1.46. The number of aliphatic hydroxyl groups is 1. The van der Waals surface area contributed by atoms with E-state index in [4.69, 9.17) is 15.5 Å². The van der Waals surface area contributed by atoms with E-state index in [1.807, 2.05) is 13.0 Å². The van der Waals surface area contributed by atoms with Gasteiger partial charge >= 0.3 is 5.97 Å². The van der Waals surface area contributed by atoms with E-state index in [0.29, 0.717) is 23.1 Å². The van der Waals surface area contributed by atoms with Gasteiger partial charge in [-0.15, -0.1) is 0 Å². The summed E-state index contributed by atoms with van der Waals surface area (Å²) in [5.74, 6) is -1.08. The lowest BCUT2D eigenvalue weighted by atomic mass is 9.95. The predicted octanol–water partition coefficient (Wildman–Crippen LogP) is 1.31. The molecule has 0 fully saturated rings. The van der Waals surface area contributed by atoms with E-state index in [1.165, 1.54) is 12.1 Å². The molecule has 0 heterocycles. The topological polar surface area (TPSA) is 81.3 Å². The summed E-state index contributed by atoms with van der Waals surface area (Å²) >= 11 is 0. The van der Waals surface area contributed by atoms with Crippen LogP contribution in [0.5, 0.6) is 0 Å². The maximum absolute atomic E-state index is 10.9. The van der Waals surface area contributed by atoms with E-state index in [1.54, 1.807) is 0 Å². The average Bonchev–Trinajstić information content (AvgIpc) is 2.26. The fourth-order valence-corrected chi connectivity index (χ4v) is 1.58. The van der Waals surface area contributed by atoms with Gasteiger partial charge in [0.05, 0.1) is 23.8 Å². The Morgan fingerprint density at radius 2 is 2.13 bits per heavy atom. The second-order valence-corrected chi connectivity index (χ2v) is 3.05. The van der Waals surface area contributed by atoms with Crippen LogP contribution in [-0.4, -0.2) is 16.2 Å². The molecule has 2 N–H and O–H groups in total. The molecule has 0 saturated carbocycles. The summed E-state index contributed by atoms with van der Waals surface area (Å²) < 4.78 is 0. The maximum atomic E-state index is 10.9. The van der Waals surface area contributed by atoms with Gasteiger partial charge in [-0.05, 0) is 29.7 Å². The molecule has 15 heavy (non-hydrogen) atoms. The lowest BCUT2D eigenvalue weighted by molar-refractivity contribution is 0.0693. The molecule has 4 heteroatoms. The van der Waals surface area contributed by atoms with Crippen LogP contribution >= 0.6 is 0 Å². The van der Waals surface area contributed by atoms with Crippen molar-refractivity contribution in [1.29, 1.82) is 5.26 Å². The third-order valence-corrected chi connectivity index (χ3v) is 2.29. The molecule has 78 valence electrons. The Hall–Kier alpha value is -1.86. The van der Waals surface area contributed by atoms with Gasteiger partial charge in [0.1, 0.15) is 0 Å². The molecule has 0 aliphatic carbocycles. The zero-order valence-corrected chi connectivity index (χ0v) is 8.32. The summed E-state index contributed by atoms with van der Waals surface area (Å²) in [5, 5.41) is 26.8. The van der Waals surface area contributed by atoms with Gasteiger partial charge in [-0.2, -0.15) is 5.26 Å². The summed E-state index contributed by atoms with van der Waals surface area (Å²) in [4.78, 5) is 10.9. The molecule has 1 aromatic carbocycles. The molecule has 0 amide bonds. The number of aliphatic hydroxyl groups excluding tert-OH is 1. The highest BCUT2D eigenvalue weighted by atomic mass is 16.4. The van der Waals surface area contributed by atoms with Gasteiger partial charge in [0.2, 0.25) is 0 Å². The maximum Gasteiger partial charge on any atom is 0.336 e. The second-order valence-electron chi connectivity index (χ2n) is 3.05. The molecule has 1 aromatic rings. The SMILES string of the molecule is CCc1c(C#N)ccc(C(=O)O)c1CO. The normalized spacial score (nSPS) is 9.67. The van der Waals surface area contributed by atoms with Crippen molar-refractivity contribution < 1.29 is 15.0 Å². The predicted molar refractivity (Wildman–Crippen MR) is 53.4 cm³/mol. The molecule has 0 saturated heterocycles. The van der Waals surface area contributed by atoms with Gasteiger partial charge in [-0.1, -0.05) is 6.92 Å². The highest BCUT2D eigenvalue weighted by molar-refractivity contribution is 5.90. The number of hydrogen-bond acceptors (Lipinski definition) is 3. The minimum absolute atomic E-state index is 0.0633. The van der Waals surface area contributed by atoms with Gasteiger partial charge < -0.3 is 10.2 Å². The van der Waals surface area contributed by atoms with Crippen molar-refractivity contribution in [3.05, 3.63) is 34.4 Å². The molecule has 0 spiro atoms. The third kappa shape index (κ3) is 1.97. The second kappa shape index (κ2) is 4.58. The monoisotopic (exact) mass is 205 g/mol. The van der Waals surface area contributed by atoms with Crippen LogP contribution in [0.15, 0.2) is 12.1 Å². The van der Waals surface area contributed by atoms with E-state index in [-0.39, 0.29) is 12.2 Å². The van der Waals surface area contributed by atoms with Gasteiger partial charge in [-0.25, -0.2) is 4.79 Å². The van der Waals surface area contributed by atoms with E-state index in [2.05, 4.69) is 0 Å². The van der Waals surface area contributed by atoms with Crippen molar-refractivity contribution in [2.75, 3.05) is 0 Å². The van der Waals surface area contributed by atoms with Crippen LogP contribution in [0, 0.1) is 11.3 Å². The molecule has 1 rings (SSSR count). The van der Waals surface area contributed by atoms with Gasteiger partial charge in [0, 0.05) is 0 Å². The Labute approximate surface area is 87.4 Å². The first-order valence-electron chi connectivity index (χ1n) is 4.54. The molecule has 0 bridgehead atoms. The highest BCUT2D eigenvalue weighted by Gasteiger charge is 2.15. The number of nitriles is 1. The number of carboxylic acids is 1. The minimum Gasteiger partial charge on any atom is -0.478 e. The first-order chi connectivity index (χ1) is 7.15. The number of carboxylic acid groups (broad SMARTS) is 1. The van der Waals surface area contributed by atoms with Crippen LogP contribution < -0.4 is 0 Å². The van der Waals surface area contributed by atoms with E-state index < -0.39 is 5.97 Å². The van der Waals surface area contributed by atoms with Crippen LogP contribution in [0.3, 0.4) is 0 Å². The summed E-state index contributed by atoms with van der Waals surface area (Å²) in [5.41, 5.74) is 1.43. The van der Waals surface area contributed by atoms with Crippen LogP contribution in [0.1, 0.15) is 34.0 Å². The molecule has 4 nitrogen and oxygen atoms in total. The van der Waals surface area contributed by atoms with Crippen molar-refractivity contribution >= 4 is 5.97 Å². The number of carbonyl (C=O) groups is 1. The van der Waals surface area contributed by atoms with Crippen molar-refractivity contribution in [2.45, 2.75) is 20.0 Å². The van der Waals surface area contributed by atoms with Crippen LogP contribution in [0.25, 0.3) is 0 Å². The average molecular weight is 205 g/mol. The number of benzene rings is 1. The molecule has 0 radical (unpaired) electrons. The number of nitrogens with zero attached hydrogens (tertiary/aromatic N) is 1. The lowest BCUT2D eigenvalue weighted by Crippen LogP contribution is -2.07. The van der Waals surface area contributed by atoms with Gasteiger partial charge in [0.25, 0.3) is 0 Å². The van der Waals surface area contributed by atoms with Crippen LogP contribution in [0.2, 0.25) is 0 Å². The van der Waals surface area contributed by atoms with Crippen LogP contribution in [0.4, 0.5) is 0 Å². The first kappa shape index (κ1) is 11.2. The Kier molecular flexibility index (Phi) is 3.42. The van der Waals surface area contributed by atoms with E-state index >= 15 is 0 Å². The zero-order valence-electron chi connectivity index (χ0n) is 8.32. The van der Waals surface area contributed by atoms with E-state index in [9.17, 15) is 4.79 Å². The summed E-state index contributed by atoms with van der Waals surface area (Å²) in [6.07, 6.45) is 0.528. The molecule has 0 atom stereocenters. The minimum atomic E-state index is -1.08. The fraction of sp³-hybridized carbons (Fsp3) is 0.273. The standard InChI is InChI=1S/C11H11NO3/c1-2-8-7(5-12)3-4-9(11(14)15)10(8)6-13/h3-4,13H,2,6H2,1H3,(H,14,15). The quantitative estimate of drug-likeness (QED) is 0.779. The number of aromatic carboxylic acids is 1.